The molecule has 0 aromatic carbocycles. The number of carbonyl (C=O) groups is 1. The number of hydrogen-bond donors (Lipinski definition) is 1. The van der Waals surface area contributed by atoms with E-state index in [2.05, 4.69) is 26.1 Å². The molecule has 0 atom stereocenters. The summed E-state index contributed by atoms with van der Waals surface area (Å²) in [6.07, 6.45) is 0. The second kappa shape index (κ2) is 3.38. The van der Waals surface area contributed by atoms with Gasteiger partial charge in [-0.1, -0.05) is 0 Å². The molecule has 2 aliphatic rings. The Bertz CT molecular complexity index is 432. The van der Waals surface area contributed by atoms with Crippen LogP contribution in [0.25, 0.3) is 0 Å². The van der Waals surface area contributed by atoms with Gasteiger partial charge >= 0.3 is 0 Å². The van der Waals surface area contributed by atoms with Crippen molar-refractivity contribution in [1.29, 1.82) is 0 Å². The lowest BCUT2D eigenvalue weighted by atomic mass is 10.3. The van der Waals surface area contributed by atoms with E-state index in [9.17, 15) is 4.79 Å². The van der Waals surface area contributed by atoms with Crippen LogP contribution in [0, 0.1) is 0 Å². The highest BCUT2D eigenvalue weighted by atomic mass is 79.9. The lowest BCUT2D eigenvalue weighted by molar-refractivity contribution is 0.0961. The van der Waals surface area contributed by atoms with Gasteiger partial charge < -0.3 is 15.0 Å². The first-order chi connectivity index (χ1) is 7.27. The van der Waals surface area contributed by atoms with E-state index >= 15 is 0 Å². The number of thiophene rings is 1. The van der Waals surface area contributed by atoms with Crippen LogP contribution >= 0.6 is 27.3 Å². The highest BCUT2D eigenvalue weighted by Crippen LogP contribution is 2.47. The number of carbonyl (C=O) groups excluding carboxylic acids is 1. The predicted molar refractivity (Wildman–Crippen MR) is 62.1 cm³/mol. The van der Waals surface area contributed by atoms with Crippen molar-refractivity contribution >= 4 is 38.9 Å². The Morgan fingerprint density at radius 1 is 1.47 bits per heavy atom. The minimum atomic E-state index is 0.00921. The molecule has 1 aromatic rings. The van der Waals surface area contributed by atoms with Gasteiger partial charge in [0.25, 0.3) is 5.91 Å². The minimum Gasteiger partial charge on any atom is -0.487 e. The molecule has 0 unspecified atom stereocenters. The van der Waals surface area contributed by atoms with Crippen LogP contribution in [0.2, 0.25) is 0 Å². The van der Waals surface area contributed by atoms with Crippen LogP contribution in [-0.4, -0.2) is 32.1 Å². The summed E-state index contributed by atoms with van der Waals surface area (Å²) < 4.78 is 6.50. The molecule has 6 heteroatoms. The van der Waals surface area contributed by atoms with Crippen LogP contribution in [0.3, 0.4) is 0 Å². The first kappa shape index (κ1) is 9.47. The number of nitrogens with zero attached hydrogens (tertiary/aromatic N) is 1. The summed E-state index contributed by atoms with van der Waals surface area (Å²) in [4.78, 5) is 14.7. The highest BCUT2D eigenvalue weighted by molar-refractivity contribution is 9.11. The van der Waals surface area contributed by atoms with Gasteiger partial charge in [0.1, 0.15) is 21.0 Å². The van der Waals surface area contributed by atoms with Crippen molar-refractivity contribution in [3.63, 3.8) is 0 Å². The zero-order valence-corrected chi connectivity index (χ0v) is 10.3. The summed E-state index contributed by atoms with van der Waals surface area (Å²) in [5.41, 5.74) is 0.966. The zero-order valence-electron chi connectivity index (χ0n) is 7.88. The van der Waals surface area contributed by atoms with Gasteiger partial charge in [-0.2, -0.15) is 0 Å². The number of ether oxygens (including phenoxy) is 1. The molecule has 4 nitrogen and oxygen atoms in total. The van der Waals surface area contributed by atoms with Gasteiger partial charge in [0.15, 0.2) is 5.75 Å². The molecule has 0 fully saturated rings. The topological polar surface area (TPSA) is 41.6 Å². The molecule has 1 amide bonds. The fraction of sp³-hybridized carbons (Fsp3) is 0.444. The van der Waals surface area contributed by atoms with Crippen molar-refractivity contribution in [2.75, 3.05) is 31.1 Å². The van der Waals surface area contributed by atoms with Crippen molar-refractivity contribution in [2.24, 2.45) is 0 Å². The van der Waals surface area contributed by atoms with Crippen LogP contribution in [-0.2, 0) is 0 Å². The smallest absolute Gasteiger partial charge is 0.263 e. The Hall–Kier alpha value is -0.750. The van der Waals surface area contributed by atoms with E-state index in [1.807, 2.05) is 0 Å². The normalized spacial score (nSPS) is 19.0. The molecule has 3 heterocycles. The Morgan fingerprint density at radius 2 is 2.33 bits per heavy atom. The second-order valence-corrected chi connectivity index (χ2v) is 5.81. The molecule has 0 radical (unpaired) electrons. The molecular formula is C9H9BrN2O2S. The summed E-state index contributed by atoms with van der Waals surface area (Å²) in [5, 5.41) is 2.89. The van der Waals surface area contributed by atoms with E-state index < -0.39 is 0 Å². The maximum atomic E-state index is 11.8. The molecule has 0 bridgehead atoms. The number of rotatable bonds is 0. The zero-order chi connectivity index (χ0) is 10.4. The lowest BCUT2D eigenvalue weighted by Crippen LogP contribution is -2.35. The van der Waals surface area contributed by atoms with E-state index in [1.54, 1.807) is 0 Å². The molecular weight excluding hydrogens is 280 g/mol. The third-order valence-electron chi connectivity index (χ3n) is 2.60. The molecule has 15 heavy (non-hydrogen) atoms. The van der Waals surface area contributed by atoms with Gasteiger partial charge in [-0.05, 0) is 15.9 Å². The van der Waals surface area contributed by atoms with E-state index in [1.165, 1.54) is 11.3 Å². The largest absolute Gasteiger partial charge is 0.487 e. The summed E-state index contributed by atoms with van der Waals surface area (Å²) in [7, 11) is 0. The van der Waals surface area contributed by atoms with Crippen LogP contribution in [0.4, 0.5) is 5.69 Å². The highest BCUT2D eigenvalue weighted by Gasteiger charge is 2.31. The SMILES string of the molecule is O=C1NCCN2CCOc3c(Br)sc1c32. The first-order valence-corrected chi connectivity index (χ1v) is 6.36. The number of halogens is 1. The van der Waals surface area contributed by atoms with Crippen molar-refractivity contribution < 1.29 is 9.53 Å². The molecule has 0 spiro atoms. The molecule has 0 saturated heterocycles. The van der Waals surface area contributed by atoms with E-state index in [-0.39, 0.29) is 5.91 Å². The number of hydrogen-bond acceptors (Lipinski definition) is 4. The monoisotopic (exact) mass is 288 g/mol. The molecule has 3 rings (SSSR count). The van der Waals surface area contributed by atoms with Crippen molar-refractivity contribution in [3.05, 3.63) is 8.66 Å². The number of anilines is 1. The lowest BCUT2D eigenvalue weighted by Gasteiger charge is -2.28. The van der Waals surface area contributed by atoms with Gasteiger partial charge in [0, 0.05) is 13.1 Å². The Labute approximate surface area is 99.3 Å². The number of nitrogens with one attached hydrogen (secondary N) is 1. The fourth-order valence-electron chi connectivity index (χ4n) is 1.92. The standard InChI is InChI=1S/C9H9BrN2O2S/c10-8-6-5-7(15-8)9(13)11-1-2-12(5)3-4-14-6/h1-4H2,(H,11,13). The summed E-state index contributed by atoms with van der Waals surface area (Å²) in [6, 6.07) is 0. The Morgan fingerprint density at radius 3 is 3.20 bits per heavy atom. The number of amides is 1. The Kier molecular flexibility index (Phi) is 2.14. The van der Waals surface area contributed by atoms with Crippen molar-refractivity contribution in [3.8, 4) is 5.75 Å². The van der Waals surface area contributed by atoms with Crippen LogP contribution in [0.1, 0.15) is 9.67 Å². The maximum Gasteiger partial charge on any atom is 0.263 e. The Balaban J connectivity index is 2.21. The van der Waals surface area contributed by atoms with Gasteiger partial charge in [0.2, 0.25) is 0 Å². The fourth-order valence-corrected chi connectivity index (χ4v) is 3.62. The van der Waals surface area contributed by atoms with Crippen molar-refractivity contribution in [2.45, 2.75) is 0 Å². The van der Waals surface area contributed by atoms with Gasteiger partial charge in [-0.25, -0.2) is 0 Å². The van der Waals surface area contributed by atoms with Gasteiger partial charge in [-0.15, -0.1) is 11.3 Å². The minimum absolute atomic E-state index is 0.00921. The third kappa shape index (κ3) is 1.35. The van der Waals surface area contributed by atoms with Crippen LogP contribution < -0.4 is 15.0 Å². The molecule has 2 aliphatic heterocycles. The molecule has 1 aromatic heterocycles. The van der Waals surface area contributed by atoms with Crippen LogP contribution in [0.15, 0.2) is 3.79 Å². The molecule has 0 aliphatic carbocycles. The van der Waals surface area contributed by atoms with Crippen LogP contribution in [0.5, 0.6) is 5.75 Å². The summed E-state index contributed by atoms with van der Waals surface area (Å²) in [6.45, 7) is 3.11. The molecule has 80 valence electrons. The average Bonchev–Trinajstić information content (AvgIpc) is 2.48. The van der Waals surface area contributed by atoms with E-state index in [4.69, 9.17) is 4.74 Å². The second-order valence-electron chi connectivity index (χ2n) is 3.47. The average molecular weight is 289 g/mol. The summed E-state index contributed by atoms with van der Waals surface area (Å²) >= 11 is 4.88. The maximum absolute atomic E-state index is 11.8. The predicted octanol–water partition coefficient (Wildman–Crippen LogP) is 1.45. The molecule has 1 N–H and O–H groups in total. The third-order valence-corrected chi connectivity index (χ3v) is 4.39. The van der Waals surface area contributed by atoms with Gasteiger partial charge in [-0.3, -0.25) is 4.79 Å². The van der Waals surface area contributed by atoms with Gasteiger partial charge in [0.05, 0.1) is 6.54 Å². The first-order valence-electron chi connectivity index (χ1n) is 4.75. The summed E-state index contributed by atoms with van der Waals surface area (Å²) in [5.74, 6) is 0.841. The van der Waals surface area contributed by atoms with Crippen molar-refractivity contribution in [1.82, 2.24) is 5.32 Å². The molecule has 0 saturated carbocycles. The van der Waals surface area contributed by atoms with E-state index in [0.29, 0.717) is 13.2 Å². The van der Waals surface area contributed by atoms with E-state index in [0.717, 1.165) is 33.2 Å². The quantitative estimate of drug-likeness (QED) is 0.786.